The summed E-state index contributed by atoms with van der Waals surface area (Å²) in [5.41, 5.74) is 0.740. The van der Waals surface area contributed by atoms with Gasteiger partial charge in [-0.25, -0.2) is 19.7 Å². The normalized spacial score (nSPS) is 13.6. The van der Waals surface area contributed by atoms with Gasteiger partial charge in [0.05, 0.1) is 7.11 Å². The fraction of sp³-hybridized carbons (Fsp3) is 0.238. The molecule has 0 atom stereocenters. The van der Waals surface area contributed by atoms with Crippen molar-refractivity contribution in [3.05, 3.63) is 61.1 Å². The van der Waals surface area contributed by atoms with E-state index in [1.165, 1.54) is 6.33 Å². The molecule has 1 saturated heterocycles. The molecule has 2 N–H and O–H groups in total. The van der Waals surface area contributed by atoms with Crippen molar-refractivity contribution < 1.29 is 9.53 Å². The number of pyridine rings is 1. The second kappa shape index (κ2) is 9.08. The lowest BCUT2D eigenvalue weighted by molar-refractivity contribution is 0.208. The maximum absolute atomic E-state index is 12.5. The van der Waals surface area contributed by atoms with Crippen molar-refractivity contribution in [1.82, 2.24) is 19.9 Å². The zero-order valence-electron chi connectivity index (χ0n) is 16.7. The minimum absolute atomic E-state index is 0.111. The number of methoxy groups -OCH3 is 1. The maximum Gasteiger partial charge on any atom is 0.321 e. The average molecular weight is 405 g/mol. The number of aromatic nitrogens is 3. The molecule has 1 aliphatic heterocycles. The van der Waals surface area contributed by atoms with Crippen LogP contribution in [0.1, 0.15) is 0 Å². The van der Waals surface area contributed by atoms with E-state index < -0.39 is 0 Å². The van der Waals surface area contributed by atoms with Crippen LogP contribution in [0.25, 0.3) is 0 Å². The maximum atomic E-state index is 12.5. The van der Waals surface area contributed by atoms with Crippen molar-refractivity contribution in [2.75, 3.05) is 48.8 Å². The number of nitrogens with zero attached hydrogens (tertiary/aromatic N) is 5. The van der Waals surface area contributed by atoms with Crippen molar-refractivity contribution in [3.8, 4) is 5.75 Å². The van der Waals surface area contributed by atoms with Crippen LogP contribution in [0.3, 0.4) is 0 Å². The number of rotatable bonds is 5. The number of piperazine rings is 1. The van der Waals surface area contributed by atoms with E-state index in [0.717, 1.165) is 23.1 Å². The summed E-state index contributed by atoms with van der Waals surface area (Å²) in [6, 6.07) is 14.7. The van der Waals surface area contributed by atoms with Crippen molar-refractivity contribution in [1.29, 1.82) is 0 Å². The molecule has 30 heavy (non-hydrogen) atoms. The zero-order valence-corrected chi connectivity index (χ0v) is 16.7. The minimum Gasteiger partial charge on any atom is -0.497 e. The first-order chi connectivity index (χ1) is 14.7. The summed E-state index contributed by atoms with van der Waals surface area (Å²) in [5.74, 6) is 2.97. The summed E-state index contributed by atoms with van der Waals surface area (Å²) in [6.45, 7) is 2.59. The average Bonchev–Trinajstić information content (AvgIpc) is 2.80. The van der Waals surface area contributed by atoms with E-state index in [1.807, 2.05) is 48.5 Å². The molecule has 1 aromatic carbocycles. The number of carbonyl (C=O) groups is 1. The van der Waals surface area contributed by atoms with Gasteiger partial charge in [0.2, 0.25) is 0 Å². The molecule has 0 saturated carbocycles. The smallest absolute Gasteiger partial charge is 0.321 e. The number of benzene rings is 1. The number of anilines is 4. The predicted octanol–water partition coefficient (Wildman–Crippen LogP) is 2.98. The van der Waals surface area contributed by atoms with Gasteiger partial charge in [-0.2, -0.15) is 0 Å². The van der Waals surface area contributed by atoms with Crippen molar-refractivity contribution in [3.63, 3.8) is 0 Å². The number of carbonyl (C=O) groups excluding carboxylic acids is 1. The van der Waals surface area contributed by atoms with E-state index in [-0.39, 0.29) is 6.03 Å². The van der Waals surface area contributed by atoms with Crippen molar-refractivity contribution in [2.24, 2.45) is 0 Å². The van der Waals surface area contributed by atoms with Gasteiger partial charge in [0.1, 0.15) is 29.5 Å². The molecule has 9 heteroatoms. The number of hydrogen-bond acceptors (Lipinski definition) is 7. The van der Waals surface area contributed by atoms with E-state index in [2.05, 4.69) is 30.5 Å². The van der Waals surface area contributed by atoms with Gasteiger partial charge >= 0.3 is 6.03 Å². The Balaban J connectivity index is 1.32. The van der Waals surface area contributed by atoms with Crippen LogP contribution in [0.5, 0.6) is 5.75 Å². The Labute approximate surface area is 174 Å². The SMILES string of the molecule is COc1ccc(NC(=O)N2CCN(c3cc(Nc4ccccn4)ncn3)CC2)cc1. The molecule has 0 spiro atoms. The van der Waals surface area contributed by atoms with Crippen LogP contribution in [0.4, 0.5) is 27.9 Å². The lowest BCUT2D eigenvalue weighted by atomic mass is 10.3. The molecular weight excluding hydrogens is 382 g/mol. The van der Waals surface area contributed by atoms with Gasteiger partial charge in [0.15, 0.2) is 0 Å². The largest absolute Gasteiger partial charge is 0.497 e. The molecule has 0 bridgehead atoms. The molecule has 1 aliphatic rings. The number of hydrogen-bond donors (Lipinski definition) is 2. The third-order valence-corrected chi connectivity index (χ3v) is 4.81. The first-order valence-electron chi connectivity index (χ1n) is 9.66. The second-order valence-electron chi connectivity index (χ2n) is 6.73. The summed E-state index contributed by atoms with van der Waals surface area (Å²) >= 11 is 0. The van der Waals surface area contributed by atoms with Crippen molar-refractivity contribution in [2.45, 2.75) is 0 Å². The quantitative estimate of drug-likeness (QED) is 0.674. The molecular formula is C21H23N7O2. The molecule has 3 aromatic rings. The van der Waals surface area contributed by atoms with Crippen LogP contribution in [0.2, 0.25) is 0 Å². The Morgan fingerprint density at radius 1 is 0.967 bits per heavy atom. The van der Waals surface area contributed by atoms with Crippen LogP contribution in [0.15, 0.2) is 61.1 Å². The number of amides is 2. The van der Waals surface area contributed by atoms with E-state index in [9.17, 15) is 4.79 Å². The summed E-state index contributed by atoms with van der Waals surface area (Å²) in [5, 5.41) is 6.10. The predicted molar refractivity (Wildman–Crippen MR) is 115 cm³/mol. The highest BCUT2D eigenvalue weighted by atomic mass is 16.5. The van der Waals surface area contributed by atoms with E-state index >= 15 is 0 Å². The van der Waals surface area contributed by atoms with Gasteiger partial charge in [-0.05, 0) is 36.4 Å². The van der Waals surface area contributed by atoms with Crippen LogP contribution >= 0.6 is 0 Å². The third kappa shape index (κ3) is 4.75. The Morgan fingerprint density at radius 2 is 1.77 bits per heavy atom. The van der Waals surface area contributed by atoms with Crippen molar-refractivity contribution >= 4 is 29.2 Å². The summed E-state index contributed by atoms with van der Waals surface area (Å²) < 4.78 is 5.14. The van der Waals surface area contributed by atoms with Gasteiger partial charge in [-0.15, -0.1) is 0 Å². The highest BCUT2D eigenvalue weighted by Crippen LogP contribution is 2.19. The Kier molecular flexibility index (Phi) is 5.88. The zero-order chi connectivity index (χ0) is 20.8. The Morgan fingerprint density at radius 3 is 2.47 bits per heavy atom. The Bertz CT molecular complexity index is 974. The minimum atomic E-state index is -0.111. The van der Waals surface area contributed by atoms with Crippen LogP contribution < -0.4 is 20.3 Å². The van der Waals surface area contributed by atoms with Crippen LogP contribution in [-0.2, 0) is 0 Å². The molecule has 1 fully saturated rings. The fourth-order valence-corrected chi connectivity index (χ4v) is 3.17. The van der Waals surface area contributed by atoms with E-state index in [4.69, 9.17) is 4.74 Å². The van der Waals surface area contributed by atoms with Gasteiger partial charge in [0, 0.05) is 44.1 Å². The number of ether oxygens (including phenoxy) is 1. The summed E-state index contributed by atoms with van der Waals surface area (Å²) in [7, 11) is 1.61. The monoisotopic (exact) mass is 405 g/mol. The highest BCUT2D eigenvalue weighted by molar-refractivity contribution is 5.89. The van der Waals surface area contributed by atoms with E-state index in [0.29, 0.717) is 32.0 Å². The summed E-state index contributed by atoms with van der Waals surface area (Å²) in [4.78, 5) is 29.4. The third-order valence-electron chi connectivity index (χ3n) is 4.81. The summed E-state index contributed by atoms with van der Waals surface area (Å²) in [6.07, 6.45) is 3.25. The molecule has 0 radical (unpaired) electrons. The molecule has 0 aliphatic carbocycles. The molecule has 9 nitrogen and oxygen atoms in total. The van der Waals surface area contributed by atoms with Gasteiger partial charge in [0.25, 0.3) is 0 Å². The number of urea groups is 1. The first-order valence-corrected chi connectivity index (χ1v) is 9.66. The standard InChI is InChI=1S/C21H23N7O2/c1-30-17-7-5-16(6-8-17)25-21(29)28-12-10-27(11-13-28)20-14-19(23-15-24-20)26-18-4-2-3-9-22-18/h2-9,14-15H,10-13H2,1H3,(H,25,29)(H,22,23,24,26). The first kappa shape index (κ1) is 19.4. The van der Waals surface area contributed by atoms with Gasteiger partial charge < -0.3 is 25.2 Å². The molecule has 2 aromatic heterocycles. The highest BCUT2D eigenvalue weighted by Gasteiger charge is 2.22. The molecule has 3 heterocycles. The number of nitrogens with one attached hydrogen (secondary N) is 2. The molecule has 154 valence electrons. The van der Waals surface area contributed by atoms with Gasteiger partial charge in [-0.3, -0.25) is 0 Å². The molecule has 0 unspecified atom stereocenters. The molecule has 4 rings (SSSR count). The lowest BCUT2D eigenvalue weighted by Gasteiger charge is -2.35. The van der Waals surface area contributed by atoms with Crippen LogP contribution in [-0.4, -0.2) is 59.2 Å². The van der Waals surface area contributed by atoms with Crippen LogP contribution in [0, 0.1) is 0 Å². The molecule has 2 amide bonds. The topological polar surface area (TPSA) is 95.5 Å². The van der Waals surface area contributed by atoms with Gasteiger partial charge in [-0.1, -0.05) is 6.07 Å². The second-order valence-corrected chi connectivity index (χ2v) is 6.73. The Hall–Kier alpha value is -3.88. The lowest BCUT2D eigenvalue weighted by Crippen LogP contribution is -2.50. The fourth-order valence-electron chi connectivity index (χ4n) is 3.17. The van der Waals surface area contributed by atoms with E-state index in [1.54, 1.807) is 18.2 Å².